The highest BCUT2D eigenvalue weighted by Crippen LogP contribution is 2.38. The van der Waals surface area contributed by atoms with E-state index in [1.807, 2.05) is 6.07 Å². The van der Waals surface area contributed by atoms with Crippen LogP contribution in [0.2, 0.25) is 0 Å². The van der Waals surface area contributed by atoms with Gasteiger partial charge in [-0.25, -0.2) is 0 Å². The Morgan fingerprint density at radius 3 is 2.46 bits per heavy atom. The normalized spacial score (nSPS) is 13.8. The fourth-order valence-corrected chi connectivity index (χ4v) is 3.75. The zero-order chi connectivity index (χ0) is 18.8. The zero-order valence-corrected chi connectivity index (χ0v) is 16.5. The molecule has 1 aliphatic carbocycles. The van der Waals surface area contributed by atoms with Gasteiger partial charge in [0.2, 0.25) is 0 Å². The Bertz CT molecular complexity index is 914. The third kappa shape index (κ3) is 3.42. The van der Waals surface area contributed by atoms with Gasteiger partial charge in [-0.1, -0.05) is 42.5 Å². The van der Waals surface area contributed by atoms with E-state index in [2.05, 4.69) is 76.2 Å². The standard InChI is InChI=1S/C24H28N2/c1-16-9-12-22(18(3)17(16)2)23-8-6-7-21(14-25)24(23)20-11-10-19(13-20)15-26(4)5/h6-10,12-14,25H,11,15H2,1-5H3. The number of likely N-dealkylation sites (N-methyl/N-ethyl adjacent to an activating group) is 1. The van der Waals surface area contributed by atoms with Crippen LogP contribution in [0, 0.1) is 26.2 Å². The third-order valence-corrected chi connectivity index (χ3v) is 5.36. The highest BCUT2D eigenvalue weighted by atomic mass is 15.0. The number of aryl methyl sites for hydroxylation is 1. The number of allylic oxidation sites excluding steroid dienone is 2. The lowest BCUT2D eigenvalue weighted by molar-refractivity contribution is 0.449. The maximum atomic E-state index is 7.92. The lowest BCUT2D eigenvalue weighted by Crippen LogP contribution is -2.13. The van der Waals surface area contributed by atoms with E-state index in [-0.39, 0.29) is 0 Å². The first kappa shape index (κ1) is 18.3. The van der Waals surface area contributed by atoms with Crippen LogP contribution in [-0.4, -0.2) is 31.8 Å². The number of hydrogen-bond acceptors (Lipinski definition) is 2. The number of nitrogens with one attached hydrogen (secondary N) is 1. The van der Waals surface area contributed by atoms with E-state index in [9.17, 15) is 0 Å². The molecule has 2 nitrogen and oxygen atoms in total. The van der Waals surface area contributed by atoms with Crippen molar-refractivity contribution in [1.29, 1.82) is 5.41 Å². The lowest BCUT2D eigenvalue weighted by atomic mass is 9.86. The van der Waals surface area contributed by atoms with Crippen molar-refractivity contribution in [3.05, 3.63) is 75.9 Å². The van der Waals surface area contributed by atoms with Gasteiger partial charge >= 0.3 is 0 Å². The van der Waals surface area contributed by atoms with Crippen molar-refractivity contribution in [3.8, 4) is 11.1 Å². The van der Waals surface area contributed by atoms with E-state index in [1.54, 1.807) is 0 Å². The van der Waals surface area contributed by atoms with Crippen molar-refractivity contribution < 1.29 is 0 Å². The summed E-state index contributed by atoms with van der Waals surface area (Å²) in [6.45, 7) is 7.52. The Kier molecular flexibility index (Phi) is 5.24. The molecule has 0 saturated carbocycles. The Morgan fingerprint density at radius 1 is 1.00 bits per heavy atom. The van der Waals surface area contributed by atoms with Gasteiger partial charge in [-0.05, 0) is 85.8 Å². The minimum absolute atomic E-state index is 0.935. The molecule has 0 heterocycles. The predicted octanol–water partition coefficient (Wildman–Crippen LogP) is 5.55. The van der Waals surface area contributed by atoms with E-state index >= 15 is 0 Å². The SMILES string of the molecule is Cc1ccc(-c2cccc(C=N)c2C2=CC(CN(C)C)=CC2)c(C)c1C. The minimum Gasteiger partial charge on any atom is -0.308 e. The molecular formula is C24H28N2. The average molecular weight is 345 g/mol. The van der Waals surface area contributed by atoms with Crippen LogP contribution in [0.3, 0.4) is 0 Å². The Hall–Kier alpha value is -2.45. The predicted molar refractivity (Wildman–Crippen MR) is 113 cm³/mol. The first-order valence-electron chi connectivity index (χ1n) is 9.17. The van der Waals surface area contributed by atoms with Crippen LogP contribution < -0.4 is 0 Å². The summed E-state index contributed by atoms with van der Waals surface area (Å²) in [5, 5.41) is 7.92. The first-order chi connectivity index (χ1) is 12.4. The molecule has 0 aliphatic heterocycles. The molecule has 0 amide bonds. The zero-order valence-electron chi connectivity index (χ0n) is 16.5. The van der Waals surface area contributed by atoms with E-state index < -0.39 is 0 Å². The quantitative estimate of drug-likeness (QED) is 0.707. The fourth-order valence-electron chi connectivity index (χ4n) is 3.75. The summed E-state index contributed by atoms with van der Waals surface area (Å²) < 4.78 is 0. The van der Waals surface area contributed by atoms with Gasteiger partial charge in [-0.3, -0.25) is 0 Å². The molecule has 0 aromatic heterocycles. The van der Waals surface area contributed by atoms with Gasteiger partial charge in [0.25, 0.3) is 0 Å². The summed E-state index contributed by atoms with van der Waals surface area (Å²) in [7, 11) is 4.20. The van der Waals surface area contributed by atoms with Gasteiger partial charge < -0.3 is 10.3 Å². The summed E-state index contributed by atoms with van der Waals surface area (Å²) in [5.74, 6) is 0. The molecule has 2 heteroatoms. The van der Waals surface area contributed by atoms with Crippen molar-refractivity contribution in [2.75, 3.05) is 20.6 Å². The maximum Gasteiger partial charge on any atom is 0.0256 e. The maximum absolute atomic E-state index is 7.92. The van der Waals surface area contributed by atoms with Gasteiger partial charge in [0.1, 0.15) is 0 Å². The largest absolute Gasteiger partial charge is 0.308 e. The van der Waals surface area contributed by atoms with Crippen LogP contribution in [0.25, 0.3) is 16.7 Å². The molecule has 26 heavy (non-hydrogen) atoms. The fraction of sp³-hybridized carbons (Fsp3) is 0.292. The Balaban J connectivity index is 2.15. The molecule has 2 aromatic carbocycles. The number of hydrogen-bond donors (Lipinski definition) is 1. The minimum atomic E-state index is 0.935. The molecule has 0 atom stereocenters. The molecule has 0 saturated heterocycles. The molecule has 1 N–H and O–H groups in total. The van der Waals surface area contributed by atoms with E-state index in [0.29, 0.717) is 0 Å². The topological polar surface area (TPSA) is 27.1 Å². The second-order valence-electron chi connectivity index (χ2n) is 7.48. The third-order valence-electron chi connectivity index (χ3n) is 5.36. The van der Waals surface area contributed by atoms with Gasteiger partial charge in [0, 0.05) is 18.3 Å². The van der Waals surface area contributed by atoms with Crippen molar-refractivity contribution >= 4 is 11.8 Å². The van der Waals surface area contributed by atoms with Crippen LogP contribution >= 0.6 is 0 Å². The van der Waals surface area contributed by atoms with Gasteiger partial charge in [-0.15, -0.1) is 0 Å². The molecule has 134 valence electrons. The molecular weight excluding hydrogens is 316 g/mol. The lowest BCUT2D eigenvalue weighted by Gasteiger charge is -2.18. The summed E-state index contributed by atoms with van der Waals surface area (Å²) >= 11 is 0. The second kappa shape index (κ2) is 7.43. The molecule has 0 spiro atoms. The van der Waals surface area contributed by atoms with Crippen LogP contribution in [0.15, 0.2) is 48.1 Å². The monoisotopic (exact) mass is 344 g/mol. The molecule has 0 bridgehead atoms. The Morgan fingerprint density at radius 2 is 1.77 bits per heavy atom. The summed E-state index contributed by atoms with van der Waals surface area (Å²) in [4.78, 5) is 2.20. The molecule has 3 rings (SSSR count). The van der Waals surface area contributed by atoms with E-state index in [4.69, 9.17) is 5.41 Å². The Labute approximate surface area is 157 Å². The van der Waals surface area contributed by atoms with E-state index in [0.717, 1.165) is 18.5 Å². The van der Waals surface area contributed by atoms with Crippen LogP contribution in [0.4, 0.5) is 0 Å². The summed E-state index contributed by atoms with van der Waals surface area (Å²) in [5.41, 5.74) is 11.4. The average Bonchev–Trinajstić information content (AvgIpc) is 3.06. The smallest absolute Gasteiger partial charge is 0.0256 e. The molecule has 0 unspecified atom stereocenters. The number of rotatable bonds is 5. The highest BCUT2D eigenvalue weighted by Gasteiger charge is 2.18. The van der Waals surface area contributed by atoms with Crippen molar-refractivity contribution in [2.24, 2.45) is 0 Å². The van der Waals surface area contributed by atoms with Gasteiger partial charge in [-0.2, -0.15) is 0 Å². The first-order valence-corrected chi connectivity index (χ1v) is 9.17. The van der Waals surface area contributed by atoms with Gasteiger partial charge in [0.05, 0.1) is 0 Å². The number of benzene rings is 2. The second-order valence-corrected chi connectivity index (χ2v) is 7.48. The molecule has 1 aliphatic rings. The molecule has 0 fully saturated rings. The molecule has 0 radical (unpaired) electrons. The van der Waals surface area contributed by atoms with Crippen molar-refractivity contribution in [1.82, 2.24) is 4.90 Å². The highest BCUT2D eigenvalue weighted by molar-refractivity contribution is 5.95. The number of nitrogens with zero attached hydrogens (tertiary/aromatic N) is 1. The van der Waals surface area contributed by atoms with Crippen LogP contribution in [0.5, 0.6) is 0 Å². The van der Waals surface area contributed by atoms with E-state index in [1.165, 1.54) is 50.7 Å². The van der Waals surface area contributed by atoms with Gasteiger partial charge in [0.15, 0.2) is 0 Å². The summed E-state index contributed by atoms with van der Waals surface area (Å²) in [6.07, 6.45) is 7.04. The van der Waals surface area contributed by atoms with Crippen LogP contribution in [0.1, 0.15) is 34.2 Å². The van der Waals surface area contributed by atoms with Crippen molar-refractivity contribution in [3.63, 3.8) is 0 Å². The van der Waals surface area contributed by atoms with Crippen molar-refractivity contribution in [2.45, 2.75) is 27.2 Å². The van der Waals surface area contributed by atoms with Crippen LogP contribution in [-0.2, 0) is 0 Å². The summed E-state index contributed by atoms with van der Waals surface area (Å²) in [6, 6.07) is 10.7. The molecule has 2 aromatic rings.